The van der Waals surface area contributed by atoms with Crippen LogP contribution in [0.1, 0.15) is 24.9 Å². The van der Waals surface area contributed by atoms with Crippen molar-refractivity contribution in [3.63, 3.8) is 0 Å². The van der Waals surface area contributed by atoms with Gasteiger partial charge in [0.1, 0.15) is 0 Å². The van der Waals surface area contributed by atoms with Gasteiger partial charge < -0.3 is 10.6 Å². The van der Waals surface area contributed by atoms with Gasteiger partial charge in [0.2, 0.25) is 11.8 Å². The van der Waals surface area contributed by atoms with Gasteiger partial charge in [-0.2, -0.15) is 0 Å². The van der Waals surface area contributed by atoms with E-state index in [-0.39, 0.29) is 24.3 Å². The molecule has 1 aliphatic heterocycles. The first-order valence-corrected chi connectivity index (χ1v) is 10.3. The lowest BCUT2D eigenvalue weighted by Gasteiger charge is -2.24. The van der Waals surface area contributed by atoms with E-state index in [0.717, 1.165) is 15.8 Å². The zero-order valence-electron chi connectivity index (χ0n) is 15.2. The van der Waals surface area contributed by atoms with E-state index in [1.807, 2.05) is 31.2 Å². The van der Waals surface area contributed by atoms with Crippen LogP contribution in [0.2, 0.25) is 5.02 Å². The summed E-state index contributed by atoms with van der Waals surface area (Å²) in [5.74, 6) is -0.320. The van der Waals surface area contributed by atoms with Crippen molar-refractivity contribution in [3.8, 4) is 0 Å². The summed E-state index contributed by atoms with van der Waals surface area (Å²) in [6.45, 7) is 1.95. The van der Waals surface area contributed by atoms with Gasteiger partial charge in [-0.15, -0.1) is 11.8 Å². The SMILES string of the molecule is CC(NC(=O)CC1Sc2ccc(Cl)cc2NC1=O)c1ccc2ccccc2c1. The summed E-state index contributed by atoms with van der Waals surface area (Å²) >= 11 is 7.37. The number of hydrogen-bond acceptors (Lipinski definition) is 3. The lowest BCUT2D eigenvalue weighted by Crippen LogP contribution is -2.35. The highest BCUT2D eigenvalue weighted by molar-refractivity contribution is 8.01. The molecule has 28 heavy (non-hydrogen) atoms. The minimum absolute atomic E-state index is 0.122. The molecule has 4 nitrogen and oxygen atoms in total. The average molecular weight is 411 g/mol. The van der Waals surface area contributed by atoms with Crippen molar-refractivity contribution in [1.29, 1.82) is 0 Å². The molecule has 2 atom stereocenters. The van der Waals surface area contributed by atoms with E-state index in [4.69, 9.17) is 11.6 Å². The molecule has 6 heteroatoms. The summed E-state index contributed by atoms with van der Waals surface area (Å²) < 4.78 is 0. The van der Waals surface area contributed by atoms with Gasteiger partial charge in [-0.3, -0.25) is 9.59 Å². The van der Waals surface area contributed by atoms with E-state index >= 15 is 0 Å². The Hall–Kier alpha value is -2.50. The van der Waals surface area contributed by atoms with Crippen LogP contribution in [0.5, 0.6) is 0 Å². The highest BCUT2D eigenvalue weighted by Gasteiger charge is 2.29. The Labute approximate surface area is 172 Å². The number of hydrogen-bond donors (Lipinski definition) is 2. The third-order valence-corrected chi connectivity index (χ3v) is 6.29. The Morgan fingerprint density at radius 3 is 2.75 bits per heavy atom. The first-order chi connectivity index (χ1) is 13.5. The predicted octanol–water partition coefficient (Wildman–Crippen LogP) is 5.17. The number of anilines is 1. The molecular formula is C22H19ClN2O2S. The van der Waals surface area contributed by atoms with Crippen molar-refractivity contribution in [2.45, 2.75) is 29.5 Å². The molecule has 142 valence electrons. The Morgan fingerprint density at radius 2 is 1.93 bits per heavy atom. The van der Waals surface area contributed by atoms with Crippen LogP contribution in [0.25, 0.3) is 10.8 Å². The highest BCUT2D eigenvalue weighted by Crippen LogP contribution is 2.38. The van der Waals surface area contributed by atoms with Crippen LogP contribution in [0, 0.1) is 0 Å². The van der Waals surface area contributed by atoms with E-state index in [0.29, 0.717) is 10.7 Å². The Bertz CT molecular complexity index is 1070. The maximum absolute atomic E-state index is 12.5. The summed E-state index contributed by atoms with van der Waals surface area (Å²) in [6, 6.07) is 19.5. The summed E-state index contributed by atoms with van der Waals surface area (Å²) in [4.78, 5) is 25.8. The number of thioether (sulfide) groups is 1. The fourth-order valence-electron chi connectivity index (χ4n) is 3.29. The van der Waals surface area contributed by atoms with Crippen molar-refractivity contribution < 1.29 is 9.59 Å². The third kappa shape index (κ3) is 4.01. The number of halogens is 1. The van der Waals surface area contributed by atoms with E-state index in [2.05, 4.69) is 34.9 Å². The van der Waals surface area contributed by atoms with E-state index in [1.165, 1.54) is 17.1 Å². The number of carbonyl (C=O) groups is 2. The quantitative estimate of drug-likeness (QED) is 0.623. The summed E-state index contributed by atoms with van der Waals surface area (Å²) in [7, 11) is 0. The Balaban J connectivity index is 1.42. The molecule has 0 bridgehead atoms. The van der Waals surface area contributed by atoms with E-state index < -0.39 is 5.25 Å². The number of fused-ring (bicyclic) bond motifs is 2. The molecule has 1 heterocycles. The standard InChI is InChI=1S/C22H19ClN2O2S/c1-13(15-7-6-14-4-2-3-5-16(14)10-15)24-21(26)12-20-22(27)25-18-11-17(23)8-9-19(18)28-20/h2-11,13,20H,12H2,1H3,(H,24,26)(H,25,27). The molecule has 2 unspecified atom stereocenters. The monoisotopic (exact) mass is 410 g/mol. The van der Waals surface area contributed by atoms with Gasteiger partial charge in [0.15, 0.2) is 0 Å². The molecule has 0 aliphatic carbocycles. The van der Waals surface area contributed by atoms with Gasteiger partial charge in [0.25, 0.3) is 0 Å². The fourth-order valence-corrected chi connectivity index (χ4v) is 4.55. The number of carbonyl (C=O) groups excluding carboxylic acids is 2. The van der Waals surface area contributed by atoms with Crippen LogP contribution in [-0.4, -0.2) is 17.1 Å². The summed E-state index contributed by atoms with van der Waals surface area (Å²) in [5.41, 5.74) is 1.73. The number of amides is 2. The zero-order chi connectivity index (χ0) is 19.7. The normalized spacial score (nSPS) is 16.9. The molecule has 0 aromatic heterocycles. The number of benzene rings is 3. The predicted molar refractivity (Wildman–Crippen MR) is 115 cm³/mol. The highest BCUT2D eigenvalue weighted by atomic mass is 35.5. The maximum atomic E-state index is 12.5. The van der Waals surface area contributed by atoms with E-state index in [9.17, 15) is 9.59 Å². The molecule has 0 saturated heterocycles. The van der Waals surface area contributed by atoms with Crippen molar-refractivity contribution in [2.24, 2.45) is 0 Å². The minimum Gasteiger partial charge on any atom is -0.350 e. The third-order valence-electron chi connectivity index (χ3n) is 4.78. The second kappa shape index (κ2) is 7.86. The molecule has 2 amide bonds. The van der Waals surface area contributed by atoms with Crippen LogP contribution in [0.15, 0.2) is 65.6 Å². The lowest BCUT2D eigenvalue weighted by molar-refractivity contribution is -0.124. The van der Waals surface area contributed by atoms with Gasteiger partial charge in [0, 0.05) is 16.3 Å². The summed E-state index contributed by atoms with van der Waals surface area (Å²) in [5, 5.41) is 8.26. The number of nitrogens with one attached hydrogen (secondary N) is 2. The molecule has 3 aromatic rings. The van der Waals surface area contributed by atoms with Crippen LogP contribution in [-0.2, 0) is 9.59 Å². The maximum Gasteiger partial charge on any atom is 0.238 e. The minimum atomic E-state index is -0.461. The van der Waals surface area contributed by atoms with Crippen molar-refractivity contribution >= 4 is 51.6 Å². The first kappa shape index (κ1) is 18.8. The second-order valence-electron chi connectivity index (χ2n) is 6.84. The summed E-state index contributed by atoms with van der Waals surface area (Å²) in [6.07, 6.45) is 0.122. The molecule has 3 aromatic carbocycles. The molecule has 4 rings (SSSR count). The smallest absolute Gasteiger partial charge is 0.238 e. The zero-order valence-corrected chi connectivity index (χ0v) is 16.8. The molecule has 0 spiro atoms. The van der Waals surface area contributed by atoms with Crippen molar-refractivity contribution in [2.75, 3.05) is 5.32 Å². The van der Waals surface area contributed by atoms with Gasteiger partial charge in [0.05, 0.1) is 17.0 Å². The van der Waals surface area contributed by atoms with Crippen LogP contribution >= 0.6 is 23.4 Å². The van der Waals surface area contributed by atoms with Crippen LogP contribution in [0.4, 0.5) is 5.69 Å². The van der Waals surface area contributed by atoms with Gasteiger partial charge in [-0.1, -0.05) is 48.0 Å². The Morgan fingerprint density at radius 1 is 1.14 bits per heavy atom. The largest absolute Gasteiger partial charge is 0.350 e. The average Bonchev–Trinajstić information content (AvgIpc) is 2.68. The molecule has 0 saturated carbocycles. The van der Waals surface area contributed by atoms with Crippen LogP contribution in [0.3, 0.4) is 0 Å². The van der Waals surface area contributed by atoms with Crippen molar-refractivity contribution in [3.05, 3.63) is 71.2 Å². The fraction of sp³-hybridized carbons (Fsp3) is 0.182. The molecule has 0 fully saturated rings. The molecule has 0 radical (unpaired) electrons. The number of rotatable bonds is 4. The molecular weight excluding hydrogens is 392 g/mol. The van der Waals surface area contributed by atoms with Crippen molar-refractivity contribution in [1.82, 2.24) is 5.32 Å². The van der Waals surface area contributed by atoms with Gasteiger partial charge in [-0.25, -0.2) is 0 Å². The molecule has 2 N–H and O–H groups in total. The second-order valence-corrected chi connectivity index (χ2v) is 8.52. The van der Waals surface area contributed by atoms with Gasteiger partial charge in [-0.05, 0) is 47.5 Å². The first-order valence-electron chi connectivity index (χ1n) is 9.05. The van der Waals surface area contributed by atoms with Crippen LogP contribution < -0.4 is 10.6 Å². The topological polar surface area (TPSA) is 58.2 Å². The van der Waals surface area contributed by atoms with Gasteiger partial charge >= 0.3 is 0 Å². The molecule has 1 aliphatic rings. The lowest BCUT2D eigenvalue weighted by atomic mass is 10.0. The Kier molecular flexibility index (Phi) is 5.29. The van der Waals surface area contributed by atoms with E-state index in [1.54, 1.807) is 12.1 Å².